The molecule has 3 nitrogen and oxygen atoms in total. The van der Waals surface area contributed by atoms with E-state index in [1.807, 2.05) is 17.0 Å². The highest BCUT2D eigenvalue weighted by Gasteiger charge is 2.26. The Bertz CT molecular complexity index is 394. The summed E-state index contributed by atoms with van der Waals surface area (Å²) >= 11 is 3.37. The lowest BCUT2D eigenvalue weighted by Crippen LogP contribution is -2.42. The van der Waals surface area contributed by atoms with Gasteiger partial charge in [-0.3, -0.25) is 4.79 Å². The number of amides is 1. The number of hydrogen-bond acceptors (Lipinski definition) is 2. The van der Waals surface area contributed by atoms with Crippen LogP contribution in [0.1, 0.15) is 36.7 Å². The van der Waals surface area contributed by atoms with Crippen molar-refractivity contribution in [2.24, 2.45) is 0 Å². The number of hydrogen-bond donors (Lipinski definition) is 0. The summed E-state index contributed by atoms with van der Waals surface area (Å²) in [7, 11) is 0. The van der Waals surface area contributed by atoms with Gasteiger partial charge < -0.3 is 4.90 Å². The van der Waals surface area contributed by atoms with E-state index in [0.717, 1.165) is 23.9 Å². The molecule has 86 valence electrons. The van der Waals surface area contributed by atoms with Gasteiger partial charge in [-0.1, -0.05) is 0 Å². The fourth-order valence-electron chi connectivity index (χ4n) is 2.08. The third-order valence-corrected chi connectivity index (χ3v) is 3.66. The van der Waals surface area contributed by atoms with Crippen LogP contribution in [0.25, 0.3) is 0 Å². The molecule has 0 aromatic carbocycles. The van der Waals surface area contributed by atoms with Crippen LogP contribution in [0.5, 0.6) is 0 Å². The summed E-state index contributed by atoms with van der Waals surface area (Å²) in [5.74, 6) is 0.0414. The second kappa shape index (κ2) is 4.95. The van der Waals surface area contributed by atoms with Crippen LogP contribution in [0.15, 0.2) is 22.8 Å². The molecule has 0 bridgehead atoms. The third-order valence-electron chi connectivity index (χ3n) is 3.02. The minimum Gasteiger partial charge on any atom is -0.335 e. The number of carbonyl (C=O) groups excluding carboxylic acids is 1. The van der Waals surface area contributed by atoms with Gasteiger partial charge in [-0.15, -0.1) is 0 Å². The van der Waals surface area contributed by atoms with E-state index in [1.165, 1.54) is 6.42 Å². The van der Waals surface area contributed by atoms with E-state index in [0.29, 0.717) is 11.7 Å². The lowest BCUT2D eigenvalue weighted by molar-refractivity contribution is 0.0628. The Morgan fingerprint density at radius 2 is 2.38 bits per heavy atom. The number of aromatic nitrogens is 1. The number of piperidine rings is 1. The lowest BCUT2D eigenvalue weighted by Gasteiger charge is -2.33. The maximum Gasteiger partial charge on any atom is 0.273 e. The van der Waals surface area contributed by atoms with Crippen molar-refractivity contribution in [2.75, 3.05) is 6.54 Å². The summed E-state index contributed by atoms with van der Waals surface area (Å²) in [5.41, 5.74) is 0.524. The van der Waals surface area contributed by atoms with E-state index in [1.54, 1.807) is 6.20 Å². The minimum absolute atomic E-state index is 0.0414. The van der Waals surface area contributed by atoms with Crippen molar-refractivity contribution in [3.8, 4) is 0 Å². The summed E-state index contributed by atoms with van der Waals surface area (Å²) in [4.78, 5) is 18.3. The highest BCUT2D eigenvalue weighted by atomic mass is 79.9. The number of likely N-dealkylation sites (tertiary alicyclic amines) is 1. The average molecular weight is 283 g/mol. The largest absolute Gasteiger partial charge is 0.335 e. The van der Waals surface area contributed by atoms with E-state index < -0.39 is 0 Å². The minimum atomic E-state index is 0.0414. The number of halogens is 1. The molecule has 4 heteroatoms. The Balaban J connectivity index is 2.21. The van der Waals surface area contributed by atoms with Crippen molar-refractivity contribution in [3.63, 3.8) is 0 Å². The Hall–Kier alpha value is -0.900. The van der Waals surface area contributed by atoms with E-state index >= 15 is 0 Å². The Labute approximate surface area is 104 Å². The Kier molecular flexibility index (Phi) is 3.59. The number of carbonyl (C=O) groups is 1. The van der Waals surface area contributed by atoms with Crippen molar-refractivity contribution in [2.45, 2.75) is 32.2 Å². The van der Waals surface area contributed by atoms with E-state index in [4.69, 9.17) is 0 Å². The Morgan fingerprint density at radius 3 is 3.06 bits per heavy atom. The van der Waals surface area contributed by atoms with Crippen molar-refractivity contribution in [1.29, 1.82) is 0 Å². The van der Waals surface area contributed by atoms with Gasteiger partial charge in [-0.2, -0.15) is 0 Å². The highest BCUT2D eigenvalue weighted by Crippen LogP contribution is 2.21. The lowest BCUT2D eigenvalue weighted by atomic mass is 10.0. The number of nitrogens with zero attached hydrogens (tertiary/aromatic N) is 2. The predicted octanol–water partition coefficient (Wildman–Crippen LogP) is 2.86. The number of pyridine rings is 1. The van der Waals surface area contributed by atoms with Crippen molar-refractivity contribution in [3.05, 3.63) is 28.5 Å². The molecule has 1 saturated heterocycles. The van der Waals surface area contributed by atoms with E-state index in [9.17, 15) is 4.79 Å². The molecule has 2 heterocycles. The molecule has 2 rings (SSSR count). The predicted molar refractivity (Wildman–Crippen MR) is 66.3 cm³/mol. The van der Waals surface area contributed by atoms with Crippen molar-refractivity contribution >= 4 is 21.8 Å². The zero-order valence-corrected chi connectivity index (χ0v) is 10.9. The Morgan fingerprint density at radius 1 is 1.56 bits per heavy atom. The third kappa shape index (κ3) is 2.26. The second-order valence-corrected chi connectivity index (χ2v) is 5.03. The molecule has 1 atom stereocenters. The van der Waals surface area contributed by atoms with Crippen LogP contribution >= 0.6 is 15.9 Å². The molecule has 1 aromatic rings. The van der Waals surface area contributed by atoms with Crippen LogP contribution in [0, 0.1) is 0 Å². The summed E-state index contributed by atoms with van der Waals surface area (Å²) in [6.45, 7) is 2.96. The molecule has 0 spiro atoms. The molecule has 0 saturated carbocycles. The van der Waals surface area contributed by atoms with Crippen LogP contribution in [-0.4, -0.2) is 28.4 Å². The van der Waals surface area contributed by atoms with Gasteiger partial charge in [-0.05, 0) is 54.2 Å². The van der Waals surface area contributed by atoms with Crippen molar-refractivity contribution in [1.82, 2.24) is 9.88 Å². The number of rotatable bonds is 1. The molecule has 0 aliphatic carbocycles. The molecule has 0 radical (unpaired) electrons. The maximum absolute atomic E-state index is 12.3. The second-order valence-electron chi connectivity index (χ2n) is 4.18. The van der Waals surface area contributed by atoms with Gasteiger partial charge in [0.2, 0.25) is 0 Å². The maximum atomic E-state index is 12.3. The van der Waals surface area contributed by atoms with Crippen LogP contribution in [0.2, 0.25) is 0 Å². The normalized spacial score (nSPS) is 20.9. The summed E-state index contributed by atoms with van der Waals surface area (Å²) in [6.07, 6.45) is 5.07. The summed E-state index contributed by atoms with van der Waals surface area (Å²) in [5, 5.41) is 0. The average Bonchev–Trinajstić information content (AvgIpc) is 2.29. The molecular formula is C12H15BrN2O. The smallest absolute Gasteiger partial charge is 0.273 e. The molecule has 0 N–H and O–H groups in total. The zero-order valence-electron chi connectivity index (χ0n) is 9.32. The fourth-order valence-corrected chi connectivity index (χ4v) is 2.50. The van der Waals surface area contributed by atoms with Gasteiger partial charge in [0.15, 0.2) is 0 Å². The summed E-state index contributed by atoms with van der Waals surface area (Å²) in [6, 6.07) is 4.00. The van der Waals surface area contributed by atoms with Gasteiger partial charge in [0, 0.05) is 23.3 Å². The quantitative estimate of drug-likeness (QED) is 0.794. The van der Waals surface area contributed by atoms with Gasteiger partial charge in [0.05, 0.1) is 0 Å². The van der Waals surface area contributed by atoms with Gasteiger partial charge in [-0.25, -0.2) is 4.98 Å². The van der Waals surface area contributed by atoms with Gasteiger partial charge >= 0.3 is 0 Å². The fraction of sp³-hybridized carbons (Fsp3) is 0.500. The highest BCUT2D eigenvalue weighted by molar-refractivity contribution is 9.10. The van der Waals surface area contributed by atoms with Crippen molar-refractivity contribution < 1.29 is 4.79 Å². The molecule has 1 fully saturated rings. The van der Waals surface area contributed by atoms with Gasteiger partial charge in [0.1, 0.15) is 5.69 Å². The van der Waals surface area contributed by atoms with Gasteiger partial charge in [0.25, 0.3) is 5.91 Å². The molecular weight excluding hydrogens is 268 g/mol. The summed E-state index contributed by atoms with van der Waals surface area (Å²) < 4.78 is 0.776. The molecule has 16 heavy (non-hydrogen) atoms. The first-order valence-corrected chi connectivity index (χ1v) is 6.41. The van der Waals surface area contributed by atoms with Crippen LogP contribution in [0.4, 0.5) is 0 Å². The topological polar surface area (TPSA) is 33.2 Å². The molecule has 1 aliphatic rings. The van der Waals surface area contributed by atoms with E-state index in [2.05, 4.69) is 27.8 Å². The van der Waals surface area contributed by atoms with Crippen LogP contribution < -0.4 is 0 Å². The van der Waals surface area contributed by atoms with Crippen LogP contribution in [0.3, 0.4) is 0 Å². The first-order chi connectivity index (χ1) is 7.70. The van der Waals surface area contributed by atoms with Crippen LogP contribution in [-0.2, 0) is 0 Å². The first kappa shape index (κ1) is 11.6. The van der Waals surface area contributed by atoms with E-state index in [-0.39, 0.29) is 5.91 Å². The SMILES string of the molecule is CC1CCCCN1C(=O)c1ncccc1Br. The molecule has 1 aromatic heterocycles. The molecule has 1 aliphatic heterocycles. The first-order valence-electron chi connectivity index (χ1n) is 5.61. The zero-order chi connectivity index (χ0) is 11.5. The monoisotopic (exact) mass is 282 g/mol. The molecule has 1 amide bonds. The standard InChI is InChI=1S/C12H15BrN2O/c1-9-5-2-3-8-15(9)12(16)11-10(13)6-4-7-14-11/h4,6-7,9H,2-3,5,8H2,1H3. The molecule has 1 unspecified atom stereocenters.